The summed E-state index contributed by atoms with van der Waals surface area (Å²) in [6, 6.07) is 3.50. The number of hydrogen-bond donors (Lipinski definition) is 0. The van der Waals surface area contributed by atoms with Crippen LogP contribution in [0.25, 0.3) is 0 Å². The van der Waals surface area contributed by atoms with Crippen LogP contribution in [0.5, 0.6) is 0 Å². The Morgan fingerprint density at radius 3 is 2.23 bits per heavy atom. The van der Waals surface area contributed by atoms with Crippen molar-refractivity contribution in [2.24, 2.45) is 5.92 Å². The fourth-order valence-electron chi connectivity index (χ4n) is 5.04. The number of nitrogens with zero attached hydrogens (tertiary/aromatic N) is 2. The number of carbonyl (C=O) groups is 2. The summed E-state index contributed by atoms with van der Waals surface area (Å²) < 4.78 is 45.0. The van der Waals surface area contributed by atoms with Crippen LogP contribution in [0.2, 0.25) is 0 Å². The third kappa shape index (κ3) is 4.31. The Bertz CT molecular complexity index is 810. The Kier molecular flexibility index (Phi) is 6.03. The lowest BCUT2D eigenvalue weighted by atomic mass is 9.89. The average Bonchev–Trinajstić information content (AvgIpc) is 3.11. The molecular weight excluding hydrogens is 409 g/mol. The molecule has 2 saturated heterocycles. The first-order valence-electron chi connectivity index (χ1n) is 11.1. The molecule has 1 aliphatic carbocycles. The SMILES string of the molecule is CC1CCN(C(=O)[C@H]2COC3(CCCCC3)N2C(=O)c2ccc(C(F)(F)F)cc2)CC1. The molecule has 0 aromatic heterocycles. The summed E-state index contributed by atoms with van der Waals surface area (Å²) in [5, 5.41) is 0. The van der Waals surface area contributed by atoms with E-state index in [1.165, 1.54) is 12.1 Å². The number of carbonyl (C=O) groups excluding carboxylic acids is 2. The molecule has 0 N–H and O–H groups in total. The van der Waals surface area contributed by atoms with Crippen molar-refractivity contribution in [3.8, 4) is 0 Å². The predicted molar refractivity (Wildman–Crippen MR) is 108 cm³/mol. The maximum Gasteiger partial charge on any atom is 0.416 e. The van der Waals surface area contributed by atoms with E-state index in [0.29, 0.717) is 31.8 Å². The topological polar surface area (TPSA) is 49.9 Å². The number of halogens is 3. The second-order valence-corrected chi connectivity index (χ2v) is 9.09. The minimum Gasteiger partial charge on any atom is -0.353 e. The zero-order valence-electron chi connectivity index (χ0n) is 17.8. The van der Waals surface area contributed by atoms with Gasteiger partial charge in [0.2, 0.25) is 5.91 Å². The molecule has 0 radical (unpaired) electrons. The van der Waals surface area contributed by atoms with Crippen molar-refractivity contribution >= 4 is 11.8 Å². The molecule has 2 heterocycles. The van der Waals surface area contributed by atoms with Gasteiger partial charge in [0.05, 0.1) is 12.2 Å². The fourth-order valence-corrected chi connectivity index (χ4v) is 5.04. The van der Waals surface area contributed by atoms with Crippen LogP contribution < -0.4 is 0 Å². The lowest BCUT2D eigenvalue weighted by Gasteiger charge is -2.42. The number of piperidine rings is 1. The van der Waals surface area contributed by atoms with Crippen molar-refractivity contribution in [1.29, 1.82) is 0 Å². The summed E-state index contributed by atoms with van der Waals surface area (Å²) in [7, 11) is 0. The van der Waals surface area contributed by atoms with E-state index in [1.54, 1.807) is 4.90 Å². The highest BCUT2D eigenvalue weighted by atomic mass is 19.4. The van der Waals surface area contributed by atoms with Crippen LogP contribution in [0.3, 0.4) is 0 Å². The number of ether oxygens (including phenoxy) is 1. The van der Waals surface area contributed by atoms with Gasteiger partial charge >= 0.3 is 6.18 Å². The fraction of sp³-hybridized carbons (Fsp3) is 0.652. The highest BCUT2D eigenvalue weighted by Gasteiger charge is 2.53. The molecule has 1 spiro atoms. The Morgan fingerprint density at radius 1 is 1.03 bits per heavy atom. The molecule has 2 aliphatic heterocycles. The van der Waals surface area contributed by atoms with E-state index >= 15 is 0 Å². The molecule has 5 nitrogen and oxygen atoms in total. The lowest BCUT2D eigenvalue weighted by Crippen LogP contribution is -2.57. The van der Waals surface area contributed by atoms with Crippen molar-refractivity contribution in [2.75, 3.05) is 19.7 Å². The molecule has 4 rings (SSSR count). The molecule has 0 bridgehead atoms. The zero-order valence-corrected chi connectivity index (χ0v) is 17.8. The van der Waals surface area contributed by atoms with Gasteiger partial charge < -0.3 is 9.64 Å². The largest absolute Gasteiger partial charge is 0.416 e. The van der Waals surface area contributed by atoms with Crippen molar-refractivity contribution in [2.45, 2.75) is 69.8 Å². The smallest absolute Gasteiger partial charge is 0.353 e. The van der Waals surface area contributed by atoms with Gasteiger partial charge in [-0.25, -0.2) is 0 Å². The van der Waals surface area contributed by atoms with E-state index < -0.39 is 29.4 Å². The lowest BCUT2D eigenvalue weighted by molar-refractivity contribution is -0.138. The highest BCUT2D eigenvalue weighted by Crippen LogP contribution is 2.42. The van der Waals surface area contributed by atoms with Crippen LogP contribution in [-0.2, 0) is 15.7 Å². The van der Waals surface area contributed by atoms with E-state index in [0.717, 1.165) is 44.2 Å². The van der Waals surface area contributed by atoms with Crippen LogP contribution in [0.1, 0.15) is 67.8 Å². The molecular formula is C23H29F3N2O3. The van der Waals surface area contributed by atoms with Gasteiger partial charge in [-0.1, -0.05) is 13.3 Å². The van der Waals surface area contributed by atoms with Gasteiger partial charge in [-0.3, -0.25) is 14.5 Å². The van der Waals surface area contributed by atoms with Gasteiger partial charge in [-0.2, -0.15) is 13.2 Å². The van der Waals surface area contributed by atoms with Gasteiger partial charge in [0.1, 0.15) is 11.8 Å². The van der Waals surface area contributed by atoms with E-state index in [4.69, 9.17) is 4.74 Å². The molecule has 1 saturated carbocycles. The first kappa shape index (κ1) is 22.1. The third-order valence-electron chi connectivity index (χ3n) is 6.95. The summed E-state index contributed by atoms with van der Waals surface area (Å²) >= 11 is 0. The van der Waals surface area contributed by atoms with Gasteiger partial charge in [-0.15, -0.1) is 0 Å². The first-order chi connectivity index (χ1) is 14.7. The standard InChI is InChI=1S/C23H29F3N2O3/c1-16-9-13-27(14-10-16)21(30)19-15-31-22(11-3-2-4-12-22)28(19)20(29)17-5-7-18(8-6-17)23(24,25)26/h5-8,16,19H,2-4,9-15H2,1H3/t19-/m1/s1. The van der Waals surface area contributed by atoms with Crippen molar-refractivity contribution < 1.29 is 27.5 Å². The van der Waals surface area contributed by atoms with Gasteiger partial charge in [0.15, 0.2) is 0 Å². The molecule has 170 valence electrons. The number of benzene rings is 1. The quantitative estimate of drug-likeness (QED) is 0.685. The van der Waals surface area contributed by atoms with Crippen LogP contribution in [0.4, 0.5) is 13.2 Å². The second kappa shape index (κ2) is 8.45. The number of alkyl halides is 3. The number of likely N-dealkylation sites (tertiary alicyclic amines) is 1. The number of rotatable bonds is 2. The van der Waals surface area contributed by atoms with Crippen LogP contribution in [0, 0.1) is 5.92 Å². The minimum absolute atomic E-state index is 0.116. The Hall–Kier alpha value is -2.09. The van der Waals surface area contributed by atoms with Crippen molar-refractivity contribution in [3.05, 3.63) is 35.4 Å². The number of amides is 2. The van der Waals surface area contributed by atoms with Crippen LogP contribution in [-0.4, -0.2) is 53.1 Å². The predicted octanol–water partition coefficient (Wildman–Crippen LogP) is 4.47. The molecule has 1 aromatic carbocycles. The molecule has 3 fully saturated rings. The van der Waals surface area contributed by atoms with Crippen molar-refractivity contribution in [1.82, 2.24) is 9.80 Å². The second-order valence-electron chi connectivity index (χ2n) is 9.09. The zero-order chi connectivity index (χ0) is 22.2. The average molecular weight is 438 g/mol. The summed E-state index contributed by atoms with van der Waals surface area (Å²) in [6.07, 6.45) is 1.48. The molecule has 0 unspecified atom stereocenters. The van der Waals surface area contributed by atoms with Crippen molar-refractivity contribution in [3.63, 3.8) is 0 Å². The van der Waals surface area contributed by atoms with E-state index in [2.05, 4.69) is 6.92 Å². The van der Waals surface area contributed by atoms with Crippen LogP contribution in [0.15, 0.2) is 24.3 Å². The summed E-state index contributed by atoms with van der Waals surface area (Å²) in [5.41, 5.74) is -1.50. The van der Waals surface area contributed by atoms with Gasteiger partial charge in [0, 0.05) is 18.7 Å². The van der Waals surface area contributed by atoms with Crippen LogP contribution >= 0.6 is 0 Å². The minimum atomic E-state index is -4.47. The van der Waals surface area contributed by atoms with Gasteiger partial charge in [-0.05, 0) is 68.7 Å². The number of hydrogen-bond acceptors (Lipinski definition) is 3. The molecule has 8 heteroatoms. The molecule has 1 aromatic rings. The highest BCUT2D eigenvalue weighted by molar-refractivity contribution is 5.98. The Morgan fingerprint density at radius 2 is 1.65 bits per heavy atom. The molecule has 3 aliphatic rings. The third-order valence-corrected chi connectivity index (χ3v) is 6.95. The molecule has 31 heavy (non-hydrogen) atoms. The summed E-state index contributed by atoms with van der Waals surface area (Å²) in [6.45, 7) is 3.62. The molecule has 2 amide bonds. The normalized spacial score (nSPS) is 24.6. The molecule has 1 atom stereocenters. The maximum atomic E-state index is 13.5. The summed E-state index contributed by atoms with van der Waals surface area (Å²) in [5.74, 6) is 0.0184. The first-order valence-corrected chi connectivity index (χ1v) is 11.1. The van der Waals surface area contributed by atoms with E-state index in [-0.39, 0.29) is 18.1 Å². The van der Waals surface area contributed by atoms with E-state index in [1.807, 2.05) is 4.90 Å². The Balaban J connectivity index is 1.62. The Labute approximate surface area is 180 Å². The summed E-state index contributed by atoms with van der Waals surface area (Å²) in [4.78, 5) is 30.3. The maximum absolute atomic E-state index is 13.5. The monoisotopic (exact) mass is 438 g/mol. The van der Waals surface area contributed by atoms with E-state index in [9.17, 15) is 22.8 Å². The van der Waals surface area contributed by atoms with Gasteiger partial charge in [0.25, 0.3) is 5.91 Å².